The average Bonchev–Trinajstić information content (AvgIpc) is 2.93. The highest BCUT2D eigenvalue weighted by molar-refractivity contribution is 5.85. The highest BCUT2D eigenvalue weighted by atomic mass is 16.4. The number of nitrogens with one attached hydrogen (secondary N) is 1. The van der Waals surface area contributed by atoms with Crippen molar-refractivity contribution in [2.45, 2.75) is 18.3 Å². The molecule has 0 amide bonds. The minimum Gasteiger partial charge on any atom is -0.480 e. The van der Waals surface area contributed by atoms with Gasteiger partial charge in [0.2, 0.25) is 0 Å². The van der Waals surface area contributed by atoms with E-state index in [4.69, 9.17) is 5.11 Å². The minimum atomic E-state index is -0.825. The number of imidazole rings is 1. The molecule has 0 aromatic carbocycles. The van der Waals surface area contributed by atoms with Crippen molar-refractivity contribution < 1.29 is 9.90 Å². The number of aromatic amines is 1. The zero-order valence-electron chi connectivity index (χ0n) is 7.77. The first-order valence-electron chi connectivity index (χ1n) is 4.64. The summed E-state index contributed by atoms with van der Waals surface area (Å²) in [6.07, 6.45) is 2.82. The summed E-state index contributed by atoms with van der Waals surface area (Å²) in [7, 11) is 0. The van der Waals surface area contributed by atoms with Crippen LogP contribution >= 0.6 is 0 Å². The van der Waals surface area contributed by atoms with Crippen LogP contribution in [0.15, 0.2) is 12.3 Å². The van der Waals surface area contributed by atoms with Crippen molar-refractivity contribution in [2.75, 3.05) is 0 Å². The Hall–Kier alpha value is -1.98. The van der Waals surface area contributed by atoms with Crippen LogP contribution in [0.4, 0.5) is 0 Å². The lowest BCUT2D eigenvalue weighted by atomic mass is 10.1. The highest BCUT2D eigenvalue weighted by Gasteiger charge is 2.54. The van der Waals surface area contributed by atoms with Crippen LogP contribution in [0.3, 0.4) is 0 Å². The third kappa shape index (κ3) is 1.04. The maximum atomic E-state index is 11.1. The molecule has 0 bridgehead atoms. The summed E-state index contributed by atoms with van der Waals surface area (Å²) in [6.45, 7) is 0. The van der Waals surface area contributed by atoms with Gasteiger partial charge in [-0.15, -0.1) is 5.10 Å². The summed E-state index contributed by atoms with van der Waals surface area (Å²) in [5.74, 6) is -0.333. The number of carbonyl (C=O) groups is 1. The molecule has 6 heteroatoms. The fourth-order valence-electron chi connectivity index (χ4n) is 1.67. The van der Waals surface area contributed by atoms with Gasteiger partial charge in [-0.3, -0.25) is 4.79 Å². The average molecular weight is 204 g/mol. The molecule has 0 radical (unpaired) electrons. The number of aromatic nitrogens is 4. The van der Waals surface area contributed by atoms with E-state index in [1.54, 1.807) is 12.3 Å². The molecule has 76 valence electrons. The first-order chi connectivity index (χ1) is 7.22. The Morgan fingerprint density at radius 1 is 1.53 bits per heavy atom. The van der Waals surface area contributed by atoms with Gasteiger partial charge in [-0.25, -0.2) is 4.98 Å². The lowest BCUT2D eigenvalue weighted by Crippen LogP contribution is -2.20. The van der Waals surface area contributed by atoms with Crippen LogP contribution in [0.1, 0.15) is 18.7 Å². The number of carboxylic acids is 1. The quantitative estimate of drug-likeness (QED) is 0.741. The van der Waals surface area contributed by atoms with E-state index < -0.39 is 11.4 Å². The summed E-state index contributed by atoms with van der Waals surface area (Å²) in [5, 5.41) is 16.6. The van der Waals surface area contributed by atoms with E-state index in [1.165, 1.54) is 0 Å². The molecule has 0 saturated heterocycles. The smallest absolute Gasteiger partial charge is 0.317 e. The molecule has 0 aliphatic heterocycles. The van der Waals surface area contributed by atoms with E-state index in [0.717, 1.165) is 5.52 Å². The van der Waals surface area contributed by atoms with Crippen LogP contribution in [0.5, 0.6) is 0 Å². The number of fused-ring (bicyclic) bond motifs is 1. The molecule has 6 nitrogen and oxygen atoms in total. The standard InChI is InChI=1S/C9H8N4O2/c14-8(15)9(2-3-9)7-11-5-1-4-10-13-6(5)12-7/h1,4H,2-3H2,(H,14,15)(H,11,12,13). The van der Waals surface area contributed by atoms with Gasteiger partial charge in [0.1, 0.15) is 11.2 Å². The molecule has 1 fully saturated rings. The molecular formula is C9H8N4O2. The van der Waals surface area contributed by atoms with Gasteiger partial charge in [0.15, 0.2) is 5.65 Å². The fraction of sp³-hybridized carbons (Fsp3) is 0.333. The van der Waals surface area contributed by atoms with Crippen molar-refractivity contribution in [3.8, 4) is 0 Å². The van der Waals surface area contributed by atoms with Gasteiger partial charge in [-0.2, -0.15) is 5.10 Å². The van der Waals surface area contributed by atoms with Gasteiger partial charge >= 0.3 is 5.97 Å². The van der Waals surface area contributed by atoms with Gasteiger partial charge < -0.3 is 10.1 Å². The van der Waals surface area contributed by atoms with E-state index in [9.17, 15) is 4.79 Å². The second-order valence-electron chi connectivity index (χ2n) is 3.74. The number of hydrogen-bond acceptors (Lipinski definition) is 4. The predicted octanol–water partition coefficient (Wildman–Crippen LogP) is 0.469. The number of nitrogens with zero attached hydrogens (tertiary/aromatic N) is 3. The molecule has 1 aliphatic rings. The van der Waals surface area contributed by atoms with Crippen molar-refractivity contribution in [1.82, 2.24) is 20.2 Å². The summed E-state index contributed by atoms with van der Waals surface area (Å²) in [5.41, 5.74) is 0.397. The first kappa shape index (κ1) is 8.34. The molecule has 0 spiro atoms. The molecule has 2 N–H and O–H groups in total. The predicted molar refractivity (Wildman–Crippen MR) is 50.2 cm³/mol. The number of carboxylic acid groups (broad SMARTS) is 1. The second kappa shape index (κ2) is 2.53. The van der Waals surface area contributed by atoms with Gasteiger partial charge in [0.25, 0.3) is 0 Å². The maximum Gasteiger partial charge on any atom is 0.317 e. The number of rotatable bonds is 2. The van der Waals surface area contributed by atoms with Crippen molar-refractivity contribution in [3.63, 3.8) is 0 Å². The van der Waals surface area contributed by atoms with E-state index in [-0.39, 0.29) is 0 Å². The number of hydrogen-bond donors (Lipinski definition) is 2. The van der Waals surface area contributed by atoms with Crippen molar-refractivity contribution >= 4 is 17.1 Å². The Morgan fingerprint density at radius 3 is 2.93 bits per heavy atom. The second-order valence-corrected chi connectivity index (χ2v) is 3.74. The molecule has 1 aliphatic carbocycles. The van der Waals surface area contributed by atoms with Gasteiger partial charge in [0, 0.05) is 0 Å². The van der Waals surface area contributed by atoms with Crippen molar-refractivity contribution in [2.24, 2.45) is 0 Å². The SMILES string of the molecule is O=C(O)C1(c2nc3nnccc3[nH]2)CC1. The van der Waals surface area contributed by atoms with Crippen LogP contribution in [-0.4, -0.2) is 31.2 Å². The van der Waals surface area contributed by atoms with Crippen LogP contribution in [0.2, 0.25) is 0 Å². The van der Waals surface area contributed by atoms with Crippen molar-refractivity contribution in [3.05, 3.63) is 18.1 Å². The van der Waals surface area contributed by atoms with Crippen LogP contribution in [0, 0.1) is 0 Å². The molecule has 2 aromatic heterocycles. The molecule has 3 rings (SSSR count). The Balaban J connectivity index is 2.17. The number of H-pyrrole nitrogens is 1. The van der Waals surface area contributed by atoms with E-state index in [2.05, 4.69) is 20.2 Å². The zero-order valence-corrected chi connectivity index (χ0v) is 7.77. The van der Waals surface area contributed by atoms with E-state index >= 15 is 0 Å². The zero-order chi connectivity index (χ0) is 10.5. The van der Waals surface area contributed by atoms with Crippen LogP contribution in [0.25, 0.3) is 11.2 Å². The molecular weight excluding hydrogens is 196 g/mol. The topological polar surface area (TPSA) is 91.8 Å². The molecule has 1 saturated carbocycles. The summed E-state index contributed by atoms with van der Waals surface area (Å²) in [4.78, 5) is 18.2. The summed E-state index contributed by atoms with van der Waals surface area (Å²) >= 11 is 0. The Kier molecular flexibility index (Phi) is 1.41. The van der Waals surface area contributed by atoms with E-state index in [0.29, 0.717) is 24.3 Å². The normalized spacial score (nSPS) is 17.9. The van der Waals surface area contributed by atoms with Gasteiger partial charge in [-0.1, -0.05) is 0 Å². The third-order valence-corrected chi connectivity index (χ3v) is 2.78. The van der Waals surface area contributed by atoms with Gasteiger partial charge in [-0.05, 0) is 18.9 Å². The van der Waals surface area contributed by atoms with E-state index in [1.807, 2.05) is 0 Å². The monoisotopic (exact) mass is 204 g/mol. The summed E-state index contributed by atoms with van der Waals surface area (Å²) < 4.78 is 0. The summed E-state index contributed by atoms with van der Waals surface area (Å²) in [6, 6.07) is 1.73. The maximum absolute atomic E-state index is 11.1. The fourth-order valence-corrected chi connectivity index (χ4v) is 1.67. The first-order valence-corrected chi connectivity index (χ1v) is 4.64. The largest absolute Gasteiger partial charge is 0.480 e. The molecule has 2 heterocycles. The Morgan fingerprint density at radius 2 is 2.33 bits per heavy atom. The van der Waals surface area contributed by atoms with Crippen molar-refractivity contribution in [1.29, 1.82) is 0 Å². The Labute approximate surface area is 84.4 Å². The number of aliphatic carboxylic acids is 1. The minimum absolute atomic E-state index is 0.472. The lowest BCUT2D eigenvalue weighted by Gasteiger charge is -2.03. The van der Waals surface area contributed by atoms with Crippen LogP contribution in [-0.2, 0) is 10.2 Å². The molecule has 15 heavy (non-hydrogen) atoms. The molecule has 0 unspecified atom stereocenters. The van der Waals surface area contributed by atoms with Crippen LogP contribution < -0.4 is 0 Å². The Bertz CT molecular complexity index is 511. The molecule has 0 atom stereocenters. The van der Waals surface area contributed by atoms with Gasteiger partial charge in [0.05, 0.1) is 11.7 Å². The third-order valence-electron chi connectivity index (χ3n) is 2.78. The molecule has 2 aromatic rings. The lowest BCUT2D eigenvalue weighted by molar-refractivity contribution is -0.140. The highest BCUT2D eigenvalue weighted by Crippen LogP contribution is 2.47.